The number of aliphatic hydroxyl groups excluding tert-OH is 1. The molecule has 0 radical (unpaired) electrons. The molecule has 6 heteroatoms. The van der Waals surface area contributed by atoms with Gasteiger partial charge in [-0.05, 0) is 45.4 Å². The van der Waals surface area contributed by atoms with Gasteiger partial charge in [-0.3, -0.25) is 4.99 Å². The zero-order valence-electron chi connectivity index (χ0n) is 14.9. The first-order valence-corrected chi connectivity index (χ1v) is 7.77. The Labute approximate surface area is 138 Å². The van der Waals surface area contributed by atoms with E-state index in [-0.39, 0.29) is 12.1 Å². The Hall–Kier alpha value is -1.95. The van der Waals surface area contributed by atoms with Crippen LogP contribution in [0.25, 0.3) is 0 Å². The number of hydrogen-bond acceptors (Lipinski definition) is 4. The van der Waals surface area contributed by atoms with Gasteiger partial charge in [-0.15, -0.1) is 0 Å². The third-order valence-electron chi connectivity index (χ3n) is 3.05. The molecule has 0 amide bonds. The highest BCUT2D eigenvalue weighted by Crippen LogP contribution is 2.30. The monoisotopic (exact) mass is 323 g/mol. The summed E-state index contributed by atoms with van der Waals surface area (Å²) < 4.78 is 10.5. The fraction of sp³-hybridized carbons (Fsp3) is 0.588. The molecule has 23 heavy (non-hydrogen) atoms. The molecule has 6 nitrogen and oxygen atoms in total. The van der Waals surface area contributed by atoms with Crippen LogP contribution in [0.2, 0.25) is 0 Å². The van der Waals surface area contributed by atoms with Crippen molar-refractivity contribution in [3.63, 3.8) is 0 Å². The van der Waals surface area contributed by atoms with E-state index in [9.17, 15) is 5.11 Å². The molecule has 0 heterocycles. The molecular formula is C17H29N3O3. The minimum atomic E-state index is -0.717. The van der Waals surface area contributed by atoms with E-state index in [4.69, 9.17) is 9.47 Å². The lowest BCUT2D eigenvalue weighted by atomic mass is 10.1. The number of guanidine groups is 1. The Balaban J connectivity index is 2.84. The van der Waals surface area contributed by atoms with Crippen molar-refractivity contribution in [1.82, 2.24) is 10.6 Å². The molecule has 0 saturated carbocycles. The van der Waals surface area contributed by atoms with Crippen LogP contribution >= 0.6 is 0 Å². The number of aliphatic imine (C=N–C) groups is 1. The first-order valence-electron chi connectivity index (χ1n) is 7.77. The minimum absolute atomic E-state index is 0.102. The van der Waals surface area contributed by atoms with Crippen molar-refractivity contribution in [3.8, 4) is 11.5 Å². The zero-order chi connectivity index (χ0) is 17.5. The molecule has 130 valence electrons. The average molecular weight is 323 g/mol. The number of ether oxygens (including phenoxy) is 2. The van der Waals surface area contributed by atoms with Gasteiger partial charge in [0.05, 0.1) is 26.9 Å². The molecule has 1 unspecified atom stereocenters. The van der Waals surface area contributed by atoms with Crippen LogP contribution < -0.4 is 20.1 Å². The summed E-state index contributed by atoms with van der Waals surface area (Å²) in [6.07, 6.45) is -0.717. The lowest BCUT2D eigenvalue weighted by molar-refractivity contribution is 0.186. The highest BCUT2D eigenvalue weighted by Gasteiger charge is 2.14. The van der Waals surface area contributed by atoms with Gasteiger partial charge in [0.2, 0.25) is 0 Å². The van der Waals surface area contributed by atoms with Gasteiger partial charge < -0.3 is 25.2 Å². The smallest absolute Gasteiger partial charge is 0.191 e. The number of nitrogens with zero attached hydrogens (tertiary/aromatic N) is 1. The van der Waals surface area contributed by atoms with Crippen molar-refractivity contribution in [2.75, 3.05) is 27.3 Å². The largest absolute Gasteiger partial charge is 0.493 e. The summed E-state index contributed by atoms with van der Waals surface area (Å²) >= 11 is 0. The van der Waals surface area contributed by atoms with Crippen molar-refractivity contribution < 1.29 is 14.6 Å². The van der Waals surface area contributed by atoms with Gasteiger partial charge in [-0.25, -0.2) is 0 Å². The molecule has 1 aromatic carbocycles. The highest BCUT2D eigenvalue weighted by atomic mass is 16.5. The van der Waals surface area contributed by atoms with Crippen LogP contribution in [0, 0.1) is 0 Å². The van der Waals surface area contributed by atoms with Crippen LogP contribution in [-0.4, -0.2) is 43.9 Å². The summed E-state index contributed by atoms with van der Waals surface area (Å²) in [5, 5.41) is 16.8. The number of benzene rings is 1. The summed E-state index contributed by atoms with van der Waals surface area (Å²) in [5.74, 6) is 1.90. The third kappa shape index (κ3) is 6.36. The van der Waals surface area contributed by atoms with Crippen LogP contribution in [0.4, 0.5) is 0 Å². The topological polar surface area (TPSA) is 75.1 Å². The van der Waals surface area contributed by atoms with Gasteiger partial charge in [0.25, 0.3) is 0 Å². The molecular weight excluding hydrogens is 294 g/mol. The highest BCUT2D eigenvalue weighted by molar-refractivity contribution is 5.80. The minimum Gasteiger partial charge on any atom is -0.493 e. The SMILES string of the molecule is CCNC(=NCC(O)c1ccc(OC)c(OC)c1)NC(C)(C)C. The maximum absolute atomic E-state index is 10.4. The van der Waals surface area contributed by atoms with Gasteiger partial charge in [-0.1, -0.05) is 6.07 Å². The van der Waals surface area contributed by atoms with Crippen LogP contribution in [0.5, 0.6) is 11.5 Å². The van der Waals surface area contributed by atoms with E-state index >= 15 is 0 Å². The van der Waals surface area contributed by atoms with Crippen molar-refractivity contribution >= 4 is 5.96 Å². The number of hydrogen-bond donors (Lipinski definition) is 3. The third-order valence-corrected chi connectivity index (χ3v) is 3.05. The Morgan fingerprint density at radius 2 is 1.87 bits per heavy atom. The van der Waals surface area contributed by atoms with Crippen LogP contribution in [0.3, 0.4) is 0 Å². The lowest BCUT2D eigenvalue weighted by Crippen LogP contribution is -2.47. The van der Waals surface area contributed by atoms with Crippen LogP contribution in [0.1, 0.15) is 39.4 Å². The molecule has 0 aromatic heterocycles. The van der Waals surface area contributed by atoms with E-state index in [0.29, 0.717) is 17.5 Å². The fourth-order valence-electron chi connectivity index (χ4n) is 2.01. The van der Waals surface area contributed by atoms with Crippen molar-refractivity contribution in [1.29, 1.82) is 0 Å². The molecule has 1 rings (SSSR count). The molecule has 0 aliphatic rings. The van der Waals surface area contributed by atoms with E-state index in [1.165, 1.54) is 0 Å². The van der Waals surface area contributed by atoms with E-state index in [2.05, 4.69) is 36.4 Å². The van der Waals surface area contributed by atoms with E-state index < -0.39 is 6.10 Å². The van der Waals surface area contributed by atoms with Gasteiger partial charge in [0.15, 0.2) is 17.5 Å². The first kappa shape index (κ1) is 19.1. The maximum Gasteiger partial charge on any atom is 0.191 e. The molecule has 0 aliphatic carbocycles. The predicted octanol–water partition coefficient (Wildman–Crippen LogP) is 2.09. The van der Waals surface area contributed by atoms with Gasteiger partial charge >= 0.3 is 0 Å². The number of rotatable bonds is 6. The van der Waals surface area contributed by atoms with Gasteiger partial charge in [0.1, 0.15) is 0 Å². The second-order valence-electron chi connectivity index (χ2n) is 6.22. The summed E-state index contributed by atoms with van der Waals surface area (Å²) in [7, 11) is 3.15. The van der Waals surface area contributed by atoms with Crippen LogP contribution in [-0.2, 0) is 0 Å². The van der Waals surface area contributed by atoms with Crippen LogP contribution in [0.15, 0.2) is 23.2 Å². The Morgan fingerprint density at radius 1 is 1.22 bits per heavy atom. The molecule has 0 saturated heterocycles. The normalized spacial score (nSPS) is 13.4. The second kappa shape index (κ2) is 8.62. The summed E-state index contributed by atoms with van der Waals surface area (Å²) in [6.45, 7) is 9.19. The van der Waals surface area contributed by atoms with Gasteiger partial charge in [0, 0.05) is 12.1 Å². The molecule has 1 aromatic rings. The predicted molar refractivity (Wildman–Crippen MR) is 93.4 cm³/mol. The molecule has 0 fully saturated rings. The number of methoxy groups -OCH3 is 2. The molecule has 0 aliphatic heterocycles. The van der Waals surface area contributed by atoms with Crippen molar-refractivity contribution in [2.24, 2.45) is 4.99 Å². The first-order chi connectivity index (χ1) is 10.8. The number of nitrogens with one attached hydrogen (secondary N) is 2. The second-order valence-corrected chi connectivity index (χ2v) is 6.22. The summed E-state index contributed by atoms with van der Waals surface area (Å²) in [4.78, 5) is 4.45. The van der Waals surface area contributed by atoms with E-state index in [1.54, 1.807) is 26.4 Å². The maximum atomic E-state index is 10.4. The molecule has 0 bridgehead atoms. The van der Waals surface area contributed by atoms with Crippen molar-refractivity contribution in [3.05, 3.63) is 23.8 Å². The Bertz CT molecular complexity index is 524. The van der Waals surface area contributed by atoms with Crippen molar-refractivity contribution in [2.45, 2.75) is 39.3 Å². The average Bonchev–Trinajstić information content (AvgIpc) is 2.50. The summed E-state index contributed by atoms with van der Waals surface area (Å²) in [5.41, 5.74) is 0.632. The van der Waals surface area contributed by atoms with Gasteiger partial charge in [-0.2, -0.15) is 0 Å². The zero-order valence-corrected chi connectivity index (χ0v) is 14.9. The molecule has 1 atom stereocenters. The quantitative estimate of drug-likeness (QED) is 0.552. The Morgan fingerprint density at radius 3 is 2.39 bits per heavy atom. The molecule has 0 spiro atoms. The lowest BCUT2D eigenvalue weighted by Gasteiger charge is -2.24. The number of aliphatic hydroxyl groups is 1. The standard InChI is InChI=1S/C17H29N3O3/c1-7-18-16(20-17(2,3)4)19-11-13(21)12-8-9-14(22-5)15(10-12)23-6/h8-10,13,21H,7,11H2,1-6H3,(H2,18,19,20). The van der Waals surface area contributed by atoms with E-state index in [0.717, 1.165) is 12.1 Å². The summed E-state index contributed by atoms with van der Waals surface area (Å²) in [6, 6.07) is 5.36. The molecule has 3 N–H and O–H groups in total. The Kier molecular flexibility index (Phi) is 7.16. The fourth-order valence-corrected chi connectivity index (χ4v) is 2.01. The van der Waals surface area contributed by atoms with E-state index in [1.807, 2.05) is 13.0 Å².